The highest BCUT2D eigenvalue weighted by Crippen LogP contribution is 2.31. The molecule has 0 aliphatic heterocycles. The summed E-state index contributed by atoms with van der Waals surface area (Å²) >= 11 is 0. The summed E-state index contributed by atoms with van der Waals surface area (Å²) in [5.41, 5.74) is -0.0770. The van der Waals surface area contributed by atoms with Crippen molar-refractivity contribution in [2.24, 2.45) is 15.4 Å². The molecule has 0 spiro atoms. The Kier molecular flexibility index (Phi) is 8.21. The summed E-state index contributed by atoms with van der Waals surface area (Å²) in [4.78, 5) is 28.1. The van der Waals surface area contributed by atoms with Gasteiger partial charge in [-0.2, -0.15) is 0 Å². The highest BCUT2D eigenvalue weighted by atomic mass is 16.1. The number of hydrogen-bond acceptors (Lipinski definition) is 4. The summed E-state index contributed by atoms with van der Waals surface area (Å²) in [5, 5.41) is 0. The Labute approximate surface area is 103 Å². The number of hydrogen-bond donors (Lipinski definition) is 0. The number of isocyanates is 2. The van der Waals surface area contributed by atoms with Gasteiger partial charge in [-0.15, -0.1) is 0 Å². The van der Waals surface area contributed by atoms with Crippen LogP contribution in [-0.4, -0.2) is 24.7 Å². The van der Waals surface area contributed by atoms with Crippen molar-refractivity contribution in [1.29, 1.82) is 0 Å². The zero-order valence-corrected chi connectivity index (χ0v) is 11.0. The van der Waals surface area contributed by atoms with Crippen LogP contribution in [0.1, 0.15) is 52.9 Å². The van der Waals surface area contributed by atoms with E-state index in [0.717, 1.165) is 32.1 Å². The van der Waals surface area contributed by atoms with Crippen molar-refractivity contribution in [2.75, 3.05) is 6.54 Å². The van der Waals surface area contributed by atoms with Crippen LogP contribution < -0.4 is 0 Å². The summed E-state index contributed by atoms with van der Waals surface area (Å²) in [6.07, 6.45) is 7.84. The molecule has 0 saturated heterocycles. The lowest BCUT2D eigenvalue weighted by atomic mass is 9.79. The van der Waals surface area contributed by atoms with Gasteiger partial charge in [0.25, 0.3) is 0 Å². The van der Waals surface area contributed by atoms with Crippen LogP contribution in [0.4, 0.5) is 0 Å². The van der Waals surface area contributed by atoms with Crippen LogP contribution >= 0.6 is 0 Å². The maximum atomic E-state index is 10.4. The third-order valence-electron chi connectivity index (χ3n) is 2.96. The van der Waals surface area contributed by atoms with E-state index in [-0.39, 0.29) is 11.5 Å². The van der Waals surface area contributed by atoms with Crippen molar-refractivity contribution >= 4 is 12.2 Å². The topological polar surface area (TPSA) is 58.9 Å². The van der Waals surface area contributed by atoms with Gasteiger partial charge < -0.3 is 0 Å². The molecule has 0 aliphatic rings. The molecule has 0 N–H and O–H groups in total. The minimum Gasteiger partial charge on any atom is -0.211 e. The van der Waals surface area contributed by atoms with Crippen molar-refractivity contribution < 1.29 is 9.59 Å². The van der Waals surface area contributed by atoms with Gasteiger partial charge >= 0.3 is 0 Å². The molecule has 0 aromatic heterocycles. The van der Waals surface area contributed by atoms with Crippen molar-refractivity contribution in [3.8, 4) is 0 Å². The van der Waals surface area contributed by atoms with Crippen LogP contribution in [0.15, 0.2) is 9.98 Å². The highest BCUT2D eigenvalue weighted by Gasteiger charge is 2.27. The van der Waals surface area contributed by atoms with E-state index in [1.165, 1.54) is 0 Å². The Bertz CT molecular complexity index is 305. The number of nitrogens with zero attached hydrogens (tertiary/aromatic N) is 2. The standard InChI is InChI=1S/C13H22N2O2/c1-4-6-12(15-11-17)8-13(3,7-5-2)9-14-10-16/h12H,4-9H2,1-3H3. The fourth-order valence-electron chi connectivity index (χ4n) is 2.26. The predicted octanol–water partition coefficient (Wildman–Crippen LogP) is 3.02. The van der Waals surface area contributed by atoms with E-state index < -0.39 is 0 Å². The van der Waals surface area contributed by atoms with Crippen LogP contribution in [-0.2, 0) is 9.59 Å². The third kappa shape index (κ3) is 6.83. The second-order valence-corrected chi connectivity index (χ2v) is 4.84. The first-order valence-electron chi connectivity index (χ1n) is 6.22. The van der Waals surface area contributed by atoms with Gasteiger partial charge in [0.1, 0.15) is 0 Å². The Balaban J connectivity index is 4.67. The van der Waals surface area contributed by atoms with Crippen LogP contribution in [0.3, 0.4) is 0 Å². The third-order valence-corrected chi connectivity index (χ3v) is 2.96. The molecule has 2 unspecified atom stereocenters. The zero-order chi connectivity index (χ0) is 13.1. The summed E-state index contributed by atoms with van der Waals surface area (Å²) in [7, 11) is 0. The fraction of sp³-hybridized carbons (Fsp3) is 0.846. The Morgan fingerprint density at radius 3 is 2.35 bits per heavy atom. The van der Waals surface area contributed by atoms with E-state index in [1.807, 2.05) is 0 Å². The molecule has 4 heteroatoms. The smallest absolute Gasteiger partial charge is 0.211 e. The van der Waals surface area contributed by atoms with Gasteiger partial charge in [0, 0.05) is 0 Å². The first-order valence-corrected chi connectivity index (χ1v) is 6.22. The summed E-state index contributed by atoms with van der Waals surface area (Å²) < 4.78 is 0. The molecule has 0 aromatic carbocycles. The first-order chi connectivity index (χ1) is 8.11. The largest absolute Gasteiger partial charge is 0.235 e. The normalized spacial score (nSPS) is 15.2. The van der Waals surface area contributed by atoms with E-state index in [9.17, 15) is 9.59 Å². The lowest BCUT2D eigenvalue weighted by Gasteiger charge is -2.29. The number of carbonyl (C=O) groups excluding carboxylic acids is 2. The molecule has 0 heterocycles. The molecule has 0 aromatic rings. The Morgan fingerprint density at radius 1 is 1.18 bits per heavy atom. The SMILES string of the molecule is CCCC(CC(C)(CCC)CN=C=O)N=C=O. The van der Waals surface area contributed by atoms with E-state index >= 15 is 0 Å². The maximum Gasteiger partial charge on any atom is 0.235 e. The molecule has 0 saturated carbocycles. The molecular weight excluding hydrogens is 216 g/mol. The zero-order valence-electron chi connectivity index (χ0n) is 11.0. The Morgan fingerprint density at radius 2 is 1.88 bits per heavy atom. The Hall–Kier alpha value is -1.24. The van der Waals surface area contributed by atoms with Crippen molar-refractivity contribution in [2.45, 2.75) is 58.9 Å². The van der Waals surface area contributed by atoms with E-state index in [0.29, 0.717) is 6.54 Å². The van der Waals surface area contributed by atoms with Crippen molar-refractivity contribution in [3.05, 3.63) is 0 Å². The van der Waals surface area contributed by atoms with Crippen LogP contribution in [0, 0.1) is 5.41 Å². The summed E-state index contributed by atoms with van der Waals surface area (Å²) in [5.74, 6) is 0. The van der Waals surface area contributed by atoms with Gasteiger partial charge in [-0.3, -0.25) is 0 Å². The van der Waals surface area contributed by atoms with Crippen molar-refractivity contribution in [1.82, 2.24) is 0 Å². The summed E-state index contributed by atoms with van der Waals surface area (Å²) in [6.45, 7) is 6.70. The monoisotopic (exact) mass is 238 g/mol. The van der Waals surface area contributed by atoms with Crippen LogP contribution in [0.2, 0.25) is 0 Å². The molecule has 4 nitrogen and oxygen atoms in total. The lowest BCUT2D eigenvalue weighted by Crippen LogP contribution is -2.26. The molecule has 0 rings (SSSR count). The van der Waals surface area contributed by atoms with Crippen LogP contribution in [0.5, 0.6) is 0 Å². The second-order valence-electron chi connectivity index (χ2n) is 4.84. The fourth-order valence-corrected chi connectivity index (χ4v) is 2.26. The number of rotatable bonds is 9. The van der Waals surface area contributed by atoms with Gasteiger partial charge in [0.2, 0.25) is 12.2 Å². The molecule has 2 atom stereocenters. The first kappa shape index (κ1) is 15.8. The minimum absolute atomic E-state index is 0.00379. The molecule has 0 aliphatic carbocycles. The molecule has 0 amide bonds. The van der Waals surface area contributed by atoms with Gasteiger partial charge in [-0.1, -0.05) is 33.6 Å². The van der Waals surface area contributed by atoms with Gasteiger partial charge in [-0.25, -0.2) is 19.6 Å². The van der Waals surface area contributed by atoms with Gasteiger partial charge in [-0.05, 0) is 24.7 Å². The molecule has 0 radical (unpaired) electrons. The van der Waals surface area contributed by atoms with Gasteiger partial charge in [0.05, 0.1) is 12.6 Å². The minimum atomic E-state index is -0.0770. The molecule has 0 fully saturated rings. The van der Waals surface area contributed by atoms with Crippen LogP contribution in [0.25, 0.3) is 0 Å². The number of aliphatic imine (C=N–C) groups is 2. The maximum absolute atomic E-state index is 10.4. The molecule has 96 valence electrons. The summed E-state index contributed by atoms with van der Waals surface area (Å²) in [6, 6.07) is -0.00379. The molecule has 17 heavy (non-hydrogen) atoms. The van der Waals surface area contributed by atoms with E-state index in [2.05, 4.69) is 30.8 Å². The average molecular weight is 238 g/mol. The van der Waals surface area contributed by atoms with Gasteiger partial charge in [0.15, 0.2) is 0 Å². The van der Waals surface area contributed by atoms with Crippen molar-refractivity contribution in [3.63, 3.8) is 0 Å². The average Bonchev–Trinajstić information content (AvgIpc) is 2.27. The van der Waals surface area contributed by atoms with E-state index in [1.54, 1.807) is 12.2 Å². The molecular formula is C13H22N2O2. The van der Waals surface area contributed by atoms with E-state index in [4.69, 9.17) is 0 Å². The highest BCUT2D eigenvalue weighted by molar-refractivity contribution is 5.34. The second kappa shape index (κ2) is 8.86. The quantitative estimate of drug-likeness (QED) is 0.458. The predicted molar refractivity (Wildman–Crippen MR) is 67.4 cm³/mol. The molecule has 0 bridgehead atoms. The lowest BCUT2D eigenvalue weighted by molar-refractivity contribution is 0.253.